The van der Waals surface area contributed by atoms with Crippen LogP contribution in [-0.2, 0) is 0 Å². The Hall–Kier alpha value is -1.28. The lowest BCUT2D eigenvalue weighted by Crippen LogP contribution is -2.10. The first-order chi connectivity index (χ1) is 6.79. The van der Waals surface area contributed by atoms with Crippen molar-refractivity contribution in [2.75, 3.05) is 14.1 Å². The van der Waals surface area contributed by atoms with Crippen molar-refractivity contribution >= 4 is 17.0 Å². The zero-order chi connectivity index (χ0) is 9.97. The third-order valence-corrected chi connectivity index (χ3v) is 3.01. The molecule has 72 valence electrons. The van der Waals surface area contributed by atoms with Gasteiger partial charge in [0.15, 0.2) is 0 Å². The van der Waals surface area contributed by atoms with Crippen molar-refractivity contribution in [2.45, 2.75) is 0 Å². The highest BCUT2D eigenvalue weighted by Gasteiger charge is 2.09. The van der Waals surface area contributed by atoms with E-state index >= 15 is 0 Å². The lowest BCUT2D eigenvalue weighted by atomic mass is 10.2. The summed E-state index contributed by atoms with van der Waals surface area (Å²) >= 11 is 1.78. The topological polar surface area (TPSA) is 3.24 Å². The summed E-state index contributed by atoms with van der Waals surface area (Å²) in [6, 6.07) is 4.25. The van der Waals surface area contributed by atoms with Crippen LogP contribution in [0.3, 0.4) is 0 Å². The van der Waals surface area contributed by atoms with Gasteiger partial charge in [-0.15, -0.1) is 11.3 Å². The average molecular weight is 203 g/mol. The van der Waals surface area contributed by atoms with Crippen molar-refractivity contribution in [1.82, 2.24) is 4.90 Å². The maximum absolute atomic E-state index is 2.17. The summed E-state index contributed by atoms with van der Waals surface area (Å²) in [7, 11) is 4.17. The van der Waals surface area contributed by atoms with Gasteiger partial charge in [0.2, 0.25) is 0 Å². The van der Waals surface area contributed by atoms with E-state index in [1.807, 2.05) is 0 Å². The van der Waals surface area contributed by atoms with E-state index in [1.165, 1.54) is 16.1 Å². The van der Waals surface area contributed by atoms with Crippen LogP contribution < -0.4 is 0 Å². The van der Waals surface area contributed by atoms with E-state index in [-0.39, 0.29) is 0 Å². The molecular formula is C12H13NS. The van der Waals surface area contributed by atoms with Gasteiger partial charge in [-0.2, -0.15) is 0 Å². The number of allylic oxidation sites excluding steroid dienone is 5. The summed E-state index contributed by atoms with van der Waals surface area (Å²) in [5, 5.41) is 2.11. The lowest BCUT2D eigenvalue weighted by molar-refractivity contribution is 0.592. The second kappa shape index (κ2) is 3.84. The molecule has 2 rings (SSSR count). The highest BCUT2D eigenvalue weighted by atomic mass is 32.1. The highest BCUT2D eigenvalue weighted by molar-refractivity contribution is 7.11. The molecule has 0 atom stereocenters. The molecule has 0 saturated carbocycles. The van der Waals surface area contributed by atoms with Crippen molar-refractivity contribution < 1.29 is 0 Å². The van der Waals surface area contributed by atoms with E-state index < -0.39 is 0 Å². The third-order valence-electron chi connectivity index (χ3n) is 2.14. The first-order valence-electron chi connectivity index (χ1n) is 4.59. The van der Waals surface area contributed by atoms with Crippen LogP contribution in [0.2, 0.25) is 0 Å². The Morgan fingerprint density at radius 1 is 1.21 bits per heavy atom. The van der Waals surface area contributed by atoms with Crippen LogP contribution in [0.4, 0.5) is 0 Å². The van der Waals surface area contributed by atoms with Crippen LogP contribution in [0.25, 0.3) is 5.70 Å². The summed E-state index contributed by atoms with van der Waals surface area (Å²) in [6.07, 6.45) is 8.45. The molecule has 14 heavy (non-hydrogen) atoms. The lowest BCUT2D eigenvalue weighted by Gasteiger charge is -2.17. The van der Waals surface area contributed by atoms with E-state index in [0.29, 0.717) is 0 Å². The Labute approximate surface area is 88.7 Å². The predicted molar refractivity (Wildman–Crippen MR) is 63.2 cm³/mol. The molecule has 1 nitrogen and oxygen atoms in total. The minimum absolute atomic E-state index is 1.29. The minimum atomic E-state index is 1.29. The molecule has 1 aliphatic rings. The number of thiophene rings is 1. The molecule has 0 bridgehead atoms. The SMILES string of the molecule is CN(C)C(=C1C=CC=C1)c1cccs1. The number of nitrogens with zero attached hydrogens (tertiary/aromatic N) is 1. The zero-order valence-electron chi connectivity index (χ0n) is 8.40. The maximum atomic E-state index is 2.17. The Balaban J connectivity index is 2.49. The molecule has 1 aromatic rings. The Kier molecular flexibility index (Phi) is 2.55. The van der Waals surface area contributed by atoms with Gasteiger partial charge in [0, 0.05) is 14.1 Å². The summed E-state index contributed by atoms with van der Waals surface area (Å²) in [5.74, 6) is 0. The van der Waals surface area contributed by atoms with Gasteiger partial charge < -0.3 is 4.90 Å². The Morgan fingerprint density at radius 2 is 1.93 bits per heavy atom. The van der Waals surface area contributed by atoms with Crippen LogP contribution in [-0.4, -0.2) is 19.0 Å². The summed E-state index contributed by atoms with van der Waals surface area (Å²) in [4.78, 5) is 3.49. The minimum Gasteiger partial charge on any atom is -0.376 e. The van der Waals surface area contributed by atoms with Crippen LogP contribution in [0.1, 0.15) is 4.88 Å². The standard InChI is InChI=1S/C12H13NS/c1-13(2)12(10-6-3-4-7-10)11-8-5-9-14-11/h3-9H,1-2H3. The summed E-state index contributed by atoms with van der Waals surface area (Å²) < 4.78 is 0. The van der Waals surface area contributed by atoms with Crippen molar-refractivity contribution in [1.29, 1.82) is 0 Å². The average Bonchev–Trinajstić information content (AvgIpc) is 2.75. The molecule has 0 amide bonds. The fourth-order valence-electron chi connectivity index (χ4n) is 1.57. The molecular weight excluding hydrogens is 190 g/mol. The molecule has 1 heterocycles. The molecule has 0 N–H and O–H groups in total. The first-order valence-corrected chi connectivity index (χ1v) is 5.47. The van der Waals surface area contributed by atoms with Crippen molar-refractivity contribution in [3.8, 4) is 0 Å². The van der Waals surface area contributed by atoms with E-state index in [1.54, 1.807) is 11.3 Å². The molecule has 0 aliphatic heterocycles. The molecule has 0 unspecified atom stereocenters. The van der Waals surface area contributed by atoms with E-state index in [0.717, 1.165) is 0 Å². The Bertz CT molecular complexity index is 380. The molecule has 0 saturated heterocycles. The van der Waals surface area contributed by atoms with Gasteiger partial charge in [-0.1, -0.05) is 30.4 Å². The van der Waals surface area contributed by atoms with E-state index in [4.69, 9.17) is 0 Å². The largest absolute Gasteiger partial charge is 0.376 e. The van der Waals surface area contributed by atoms with Crippen LogP contribution in [0.15, 0.2) is 47.4 Å². The molecule has 0 spiro atoms. The second-order valence-corrected chi connectivity index (χ2v) is 4.34. The smallest absolute Gasteiger partial charge is 0.0609 e. The van der Waals surface area contributed by atoms with Gasteiger partial charge in [-0.25, -0.2) is 0 Å². The number of hydrogen-bond acceptors (Lipinski definition) is 2. The molecule has 0 fully saturated rings. The molecule has 0 aromatic carbocycles. The normalized spacial score (nSPS) is 13.7. The van der Waals surface area contributed by atoms with Crippen LogP contribution >= 0.6 is 11.3 Å². The monoisotopic (exact) mass is 203 g/mol. The Morgan fingerprint density at radius 3 is 2.43 bits per heavy atom. The maximum Gasteiger partial charge on any atom is 0.0609 e. The quantitative estimate of drug-likeness (QED) is 0.713. The third kappa shape index (κ3) is 1.66. The second-order valence-electron chi connectivity index (χ2n) is 3.39. The van der Waals surface area contributed by atoms with Gasteiger partial charge >= 0.3 is 0 Å². The van der Waals surface area contributed by atoms with Gasteiger partial charge in [0.1, 0.15) is 0 Å². The van der Waals surface area contributed by atoms with Gasteiger partial charge in [0.25, 0.3) is 0 Å². The van der Waals surface area contributed by atoms with Gasteiger partial charge in [0.05, 0.1) is 10.6 Å². The van der Waals surface area contributed by atoms with E-state index in [2.05, 4.69) is 60.8 Å². The fourth-order valence-corrected chi connectivity index (χ4v) is 2.44. The molecule has 1 aromatic heterocycles. The predicted octanol–water partition coefficient (Wildman–Crippen LogP) is 3.15. The molecule has 1 aliphatic carbocycles. The van der Waals surface area contributed by atoms with E-state index in [9.17, 15) is 0 Å². The summed E-state index contributed by atoms with van der Waals surface area (Å²) in [6.45, 7) is 0. The molecule has 0 radical (unpaired) electrons. The molecule has 2 heteroatoms. The highest BCUT2D eigenvalue weighted by Crippen LogP contribution is 2.27. The van der Waals surface area contributed by atoms with Crippen molar-refractivity contribution in [3.05, 3.63) is 52.3 Å². The van der Waals surface area contributed by atoms with Crippen molar-refractivity contribution in [3.63, 3.8) is 0 Å². The van der Waals surface area contributed by atoms with Crippen LogP contribution in [0.5, 0.6) is 0 Å². The number of rotatable bonds is 2. The van der Waals surface area contributed by atoms with Crippen molar-refractivity contribution in [2.24, 2.45) is 0 Å². The zero-order valence-corrected chi connectivity index (χ0v) is 9.21. The first kappa shape index (κ1) is 9.28. The van der Waals surface area contributed by atoms with Crippen LogP contribution in [0, 0.1) is 0 Å². The fraction of sp³-hybridized carbons (Fsp3) is 0.167. The van der Waals surface area contributed by atoms with Gasteiger partial charge in [-0.05, 0) is 17.0 Å². The number of hydrogen-bond donors (Lipinski definition) is 0. The van der Waals surface area contributed by atoms with Gasteiger partial charge in [-0.3, -0.25) is 0 Å². The summed E-state index contributed by atoms with van der Waals surface area (Å²) in [5.41, 5.74) is 2.59.